The largest absolute Gasteiger partial charge is 0.495 e. The minimum absolute atomic E-state index is 0.194. The van der Waals surface area contributed by atoms with E-state index in [4.69, 9.17) is 9.47 Å². The van der Waals surface area contributed by atoms with Gasteiger partial charge >= 0.3 is 5.97 Å². The molecule has 1 N–H and O–H groups in total. The molecule has 0 spiro atoms. The highest BCUT2D eigenvalue weighted by Crippen LogP contribution is 2.36. The average molecular weight is 404 g/mol. The molecule has 5 nitrogen and oxygen atoms in total. The second-order valence-corrected chi connectivity index (χ2v) is 11.6. The summed E-state index contributed by atoms with van der Waals surface area (Å²) < 4.78 is 13.6. The van der Waals surface area contributed by atoms with Crippen LogP contribution in [-0.2, 0) is 11.5 Å². The summed E-state index contributed by atoms with van der Waals surface area (Å²) >= 11 is 3.42. The molecular weight excluding hydrogens is 382 g/mol. The first-order valence-electron chi connectivity index (χ1n) is 7.07. The zero-order valence-corrected chi connectivity index (χ0v) is 16.2. The molecule has 0 unspecified atom stereocenters. The minimum atomic E-state index is -0.982. The molecule has 0 saturated carbocycles. The number of aromatic carboxylic acids is 1. The number of carboxylic acids is 1. The summed E-state index contributed by atoms with van der Waals surface area (Å²) in [5.74, 6) is 0.635. The molecule has 1 heterocycles. The molecule has 0 saturated heterocycles. The average Bonchev–Trinajstić information content (AvgIpc) is 2.81. The summed E-state index contributed by atoms with van der Waals surface area (Å²) in [7, 11) is 0.942. The highest BCUT2D eigenvalue weighted by atomic mass is 79.9. The van der Waals surface area contributed by atoms with Crippen LogP contribution >= 0.6 is 26.0 Å². The molecule has 128 valence electrons. The lowest BCUT2D eigenvalue weighted by Crippen LogP contribution is -2.13. The summed E-state index contributed by atoms with van der Waals surface area (Å²) in [6.45, 7) is 0.830. The predicted molar refractivity (Wildman–Crippen MR) is 99.3 cm³/mol. The lowest BCUT2D eigenvalue weighted by molar-refractivity contribution is 0.0634. The van der Waals surface area contributed by atoms with Gasteiger partial charge in [-0.2, -0.15) is 0 Å². The fourth-order valence-electron chi connectivity index (χ4n) is 2.27. The maximum absolute atomic E-state index is 11.5. The predicted octanol–water partition coefficient (Wildman–Crippen LogP) is 3.78. The van der Waals surface area contributed by atoms with Crippen LogP contribution in [0.3, 0.4) is 0 Å². The van der Waals surface area contributed by atoms with Crippen molar-refractivity contribution in [1.29, 1.82) is 0 Å². The van der Waals surface area contributed by atoms with Crippen LogP contribution < -0.4 is 4.74 Å². The number of carbonyl (C=O) groups is 1. The molecule has 1 aromatic carbocycles. The second kappa shape index (κ2) is 7.15. The van der Waals surface area contributed by atoms with Gasteiger partial charge in [-0.1, -0.05) is 0 Å². The molecule has 0 atom stereocenters. The number of hydrogen-bond acceptors (Lipinski definition) is 3. The first-order chi connectivity index (χ1) is 10.7. The van der Waals surface area contributed by atoms with E-state index in [1.165, 1.54) is 0 Å². The van der Waals surface area contributed by atoms with Crippen molar-refractivity contribution in [3.05, 3.63) is 28.4 Å². The lowest BCUT2D eigenvalue weighted by Gasteiger charge is -2.24. The Hall–Kier alpha value is -1.18. The van der Waals surface area contributed by atoms with E-state index in [1.54, 1.807) is 17.7 Å². The first-order valence-corrected chi connectivity index (χ1v) is 10.9. The van der Waals surface area contributed by atoms with Crippen molar-refractivity contribution in [2.24, 2.45) is 0 Å². The van der Waals surface area contributed by atoms with Crippen LogP contribution in [0.4, 0.5) is 0 Å². The van der Waals surface area contributed by atoms with Crippen LogP contribution in [0, 0.1) is 0 Å². The zero-order chi connectivity index (χ0) is 17.2. The summed E-state index contributed by atoms with van der Waals surface area (Å²) in [4.78, 5) is 11.5. The van der Waals surface area contributed by atoms with Gasteiger partial charge in [0, 0.05) is 11.1 Å². The van der Waals surface area contributed by atoms with Gasteiger partial charge in [0.2, 0.25) is 0 Å². The normalized spacial score (nSPS) is 12.6. The number of fused-ring (bicyclic) bond motifs is 1. The SMILES string of the molecule is COc1c(Br)ccc2c1cc(C(=O)O)n2COCCS(C)(C)C. The van der Waals surface area contributed by atoms with Crippen molar-refractivity contribution in [1.82, 2.24) is 4.57 Å². The van der Waals surface area contributed by atoms with E-state index >= 15 is 0 Å². The van der Waals surface area contributed by atoms with Gasteiger partial charge in [0.1, 0.15) is 18.2 Å². The van der Waals surface area contributed by atoms with Crippen molar-refractivity contribution in [3.63, 3.8) is 0 Å². The van der Waals surface area contributed by atoms with Crippen LogP contribution in [0.5, 0.6) is 5.75 Å². The third kappa shape index (κ3) is 4.22. The zero-order valence-electron chi connectivity index (χ0n) is 13.8. The number of rotatable bonds is 7. The molecule has 0 amide bonds. The van der Waals surface area contributed by atoms with E-state index in [-0.39, 0.29) is 12.4 Å². The van der Waals surface area contributed by atoms with Crippen molar-refractivity contribution >= 4 is 42.8 Å². The Morgan fingerprint density at radius 3 is 2.61 bits per heavy atom. The van der Waals surface area contributed by atoms with E-state index in [2.05, 4.69) is 34.7 Å². The molecule has 0 fully saturated rings. The first kappa shape index (κ1) is 18.2. The number of aromatic nitrogens is 1. The summed E-state index contributed by atoms with van der Waals surface area (Å²) in [6, 6.07) is 5.34. The number of carboxylic acid groups (broad SMARTS) is 1. The lowest BCUT2D eigenvalue weighted by atomic mass is 10.2. The highest BCUT2D eigenvalue weighted by molar-refractivity contribution is 9.10. The molecule has 0 bridgehead atoms. The van der Waals surface area contributed by atoms with Gasteiger partial charge < -0.3 is 19.1 Å². The fourth-order valence-corrected chi connectivity index (χ4v) is 3.40. The Morgan fingerprint density at radius 1 is 1.35 bits per heavy atom. The van der Waals surface area contributed by atoms with E-state index in [0.717, 1.165) is 21.1 Å². The second-order valence-electron chi connectivity index (χ2n) is 6.11. The number of benzene rings is 1. The van der Waals surface area contributed by atoms with Gasteiger partial charge in [-0.25, -0.2) is 14.8 Å². The van der Waals surface area contributed by atoms with Crippen molar-refractivity contribution in [2.45, 2.75) is 6.73 Å². The third-order valence-electron chi connectivity index (χ3n) is 3.47. The van der Waals surface area contributed by atoms with E-state index in [1.807, 2.05) is 12.1 Å². The van der Waals surface area contributed by atoms with Gasteiger partial charge in [-0.05, 0) is 52.9 Å². The molecular formula is C16H22BrNO4S. The summed E-state index contributed by atoms with van der Waals surface area (Å²) in [5.41, 5.74) is 0.977. The number of halogens is 1. The third-order valence-corrected chi connectivity index (χ3v) is 5.49. The van der Waals surface area contributed by atoms with Crippen LogP contribution in [-0.4, -0.2) is 53.9 Å². The van der Waals surface area contributed by atoms with Gasteiger partial charge in [-0.3, -0.25) is 0 Å². The van der Waals surface area contributed by atoms with Gasteiger partial charge in [-0.15, -0.1) is 0 Å². The Kier molecular flexibility index (Phi) is 5.65. The maximum atomic E-state index is 11.5. The van der Waals surface area contributed by atoms with Gasteiger partial charge in [0.15, 0.2) is 0 Å². The highest BCUT2D eigenvalue weighted by Gasteiger charge is 2.18. The molecule has 23 heavy (non-hydrogen) atoms. The van der Waals surface area contributed by atoms with Crippen LogP contribution in [0.15, 0.2) is 22.7 Å². The number of hydrogen-bond donors (Lipinski definition) is 1. The summed E-state index contributed by atoms with van der Waals surface area (Å²) in [5, 5.41) is 10.2. The monoisotopic (exact) mass is 403 g/mol. The molecule has 2 aromatic rings. The molecule has 1 aromatic heterocycles. The summed E-state index contributed by atoms with van der Waals surface area (Å²) in [6.07, 6.45) is 6.69. The van der Waals surface area contributed by atoms with Gasteiger partial charge in [0.25, 0.3) is 0 Å². The van der Waals surface area contributed by atoms with Crippen molar-refractivity contribution < 1.29 is 19.4 Å². The maximum Gasteiger partial charge on any atom is 0.352 e. The molecule has 0 aliphatic rings. The molecule has 0 radical (unpaired) electrons. The van der Waals surface area contributed by atoms with Crippen molar-refractivity contribution in [2.75, 3.05) is 38.2 Å². The van der Waals surface area contributed by atoms with Crippen LogP contribution in [0.2, 0.25) is 0 Å². The molecule has 0 aliphatic heterocycles. The number of methoxy groups -OCH3 is 1. The quantitative estimate of drug-likeness (QED) is 0.714. The Labute approximate surface area is 146 Å². The van der Waals surface area contributed by atoms with Crippen LogP contribution in [0.1, 0.15) is 10.5 Å². The Balaban J connectivity index is 2.33. The molecule has 2 rings (SSSR count). The topological polar surface area (TPSA) is 60.7 Å². The standard InChI is InChI=1S/C16H22BrNO4S/c1-21-15-11-9-14(16(19)20)18(13(11)6-5-12(15)17)10-22-7-8-23(2,3)4/h5-6,9H,7-8,10H2,1-4H3,(H,19,20). The number of ether oxygens (including phenoxy) is 2. The van der Waals surface area contributed by atoms with E-state index in [9.17, 15) is 9.90 Å². The minimum Gasteiger partial charge on any atom is -0.495 e. The van der Waals surface area contributed by atoms with Crippen molar-refractivity contribution in [3.8, 4) is 5.75 Å². The van der Waals surface area contributed by atoms with Crippen LogP contribution in [0.25, 0.3) is 10.9 Å². The Morgan fingerprint density at radius 2 is 2.04 bits per heavy atom. The molecule has 7 heteroatoms. The smallest absolute Gasteiger partial charge is 0.352 e. The van der Waals surface area contributed by atoms with Gasteiger partial charge in [0.05, 0.1) is 23.7 Å². The van der Waals surface area contributed by atoms with E-state index < -0.39 is 16.0 Å². The Bertz CT molecular complexity index is 721. The number of nitrogens with zero attached hydrogens (tertiary/aromatic N) is 1. The fraction of sp³-hybridized carbons (Fsp3) is 0.438. The molecule has 0 aliphatic carbocycles. The van der Waals surface area contributed by atoms with E-state index in [0.29, 0.717) is 12.4 Å².